The lowest BCUT2D eigenvalue weighted by atomic mass is 10.1. The fourth-order valence-electron chi connectivity index (χ4n) is 2.51. The molecule has 0 bridgehead atoms. The number of benzene rings is 1. The summed E-state index contributed by atoms with van der Waals surface area (Å²) in [7, 11) is 0. The molecule has 26 heavy (non-hydrogen) atoms. The fraction of sp³-hybridized carbons (Fsp3) is 0.235. The standard InChI is InChI=1S/C17H15BrClFN4O2/c1-8-15(19)9(2)24(22-8)7-12-10(3)26-23-16(12)17(25)21-14-5-4-11(18)6-13(14)20/h4-6H,7H2,1-3H3,(H,21,25). The number of carbonyl (C=O) groups is 1. The first kappa shape index (κ1) is 18.6. The summed E-state index contributed by atoms with van der Waals surface area (Å²) in [5, 5.41) is 11.3. The molecule has 3 aromatic rings. The molecular formula is C17H15BrClFN4O2. The molecule has 1 amide bonds. The highest BCUT2D eigenvalue weighted by atomic mass is 79.9. The molecule has 1 aromatic carbocycles. The number of aromatic nitrogens is 3. The van der Waals surface area contributed by atoms with Crippen LogP contribution in [0.2, 0.25) is 5.02 Å². The molecular weight excluding hydrogens is 427 g/mol. The smallest absolute Gasteiger partial charge is 0.278 e. The number of aryl methyl sites for hydroxylation is 2. The summed E-state index contributed by atoms with van der Waals surface area (Å²) in [6.07, 6.45) is 0. The number of nitrogens with one attached hydrogen (secondary N) is 1. The highest BCUT2D eigenvalue weighted by Gasteiger charge is 2.22. The van der Waals surface area contributed by atoms with Crippen LogP contribution in [0.4, 0.5) is 10.1 Å². The second-order valence-electron chi connectivity index (χ2n) is 5.79. The summed E-state index contributed by atoms with van der Waals surface area (Å²) >= 11 is 9.34. The lowest BCUT2D eigenvalue weighted by Crippen LogP contribution is -2.17. The molecule has 2 heterocycles. The zero-order chi connectivity index (χ0) is 19.0. The molecule has 0 aliphatic rings. The van der Waals surface area contributed by atoms with Crippen LogP contribution in [0.5, 0.6) is 0 Å². The Kier molecular flexibility index (Phi) is 5.15. The van der Waals surface area contributed by atoms with Gasteiger partial charge in [0.1, 0.15) is 11.6 Å². The summed E-state index contributed by atoms with van der Waals surface area (Å²) in [4.78, 5) is 12.6. The molecule has 2 aromatic heterocycles. The SMILES string of the molecule is Cc1nn(Cc2c(C(=O)Nc3ccc(Br)cc3F)noc2C)c(C)c1Cl. The highest BCUT2D eigenvalue weighted by Crippen LogP contribution is 2.24. The largest absolute Gasteiger partial charge is 0.361 e. The van der Waals surface area contributed by atoms with Crippen molar-refractivity contribution in [2.24, 2.45) is 0 Å². The Balaban J connectivity index is 1.89. The Morgan fingerprint density at radius 3 is 2.73 bits per heavy atom. The minimum absolute atomic E-state index is 0.0546. The zero-order valence-corrected chi connectivity index (χ0v) is 16.6. The molecule has 136 valence electrons. The normalized spacial score (nSPS) is 11.0. The Hall–Kier alpha value is -2.19. The van der Waals surface area contributed by atoms with Gasteiger partial charge in [-0.3, -0.25) is 9.48 Å². The van der Waals surface area contributed by atoms with Crippen LogP contribution < -0.4 is 5.32 Å². The lowest BCUT2D eigenvalue weighted by Gasteiger charge is -2.08. The number of rotatable bonds is 4. The van der Waals surface area contributed by atoms with E-state index in [1.165, 1.54) is 12.1 Å². The van der Waals surface area contributed by atoms with Gasteiger partial charge in [-0.2, -0.15) is 5.10 Å². The van der Waals surface area contributed by atoms with Gasteiger partial charge in [0.25, 0.3) is 5.91 Å². The van der Waals surface area contributed by atoms with E-state index in [0.29, 0.717) is 26.5 Å². The van der Waals surface area contributed by atoms with Crippen LogP contribution in [0.1, 0.15) is 33.2 Å². The van der Waals surface area contributed by atoms with E-state index in [-0.39, 0.29) is 17.9 Å². The Bertz CT molecular complexity index is 999. The van der Waals surface area contributed by atoms with Crippen molar-refractivity contribution >= 4 is 39.1 Å². The average Bonchev–Trinajstić information content (AvgIpc) is 3.06. The van der Waals surface area contributed by atoms with Gasteiger partial charge < -0.3 is 9.84 Å². The Labute approximate surface area is 162 Å². The maximum absolute atomic E-state index is 14.0. The molecule has 1 N–H and O–H groups in total. The van der Waals surface area contributed by atoms with Crippen molar-refractivity contribution in [3.63, 3.8) is 0 Å². The Morgan fingerprint density at radius 2 is 2.12 bits per heavy atom. The predicted octanol–water partition coefficient (Wildman–Crippen LogP) is 4.65. The quantitative estimate of drug-likeness (QED) is 0.639. The van der Waals surface area contributed by atoms with Crippen LogP contribution in [0.3, 0.4) is 0 Å². The van der Waals surface area contributed by atoms with Gasteiger partial charge >= 0.3 is 0 Å². The number of hydrogen-bond acceptors (Lipinski definition) is 4. The molecule has 0 aliphatic carbocycles. The molecule has 0 fully saturated rings. The molecule has 0 spiro atoms. The molecule has 6 nitrogen and oxygen atoms in total. The van der Waals surface area contributed by atoms with Crippen LogP contribution >= 0.6 is 27.5 Å². The second kappa shape index (κ2) is 7.20. The molecule has 0 aliphatic heterocycles. The first-order chi connectivity index (χ1) is 12.3. The molecule has 9 heteroatoms. The summed E-state index contributed by atoms with van der Waals surface area (Å²) in [5.74, 6) is -0.638. The summed E-state index contributed by atoms with van der Waals surface area (Å²) in [5.41, 5.74) is 2.16. The molecule has 3 rings (SSSR count). The van der Waals surface area contributed by atoms with Crippen molar-refractivity contribution in [2.45, 2.75) is 27.3 Å². The summed E-state index contributed by atoms with van der Waals surface area (Å²) < 4.78 is 21.4. The third-order valence-corrected chi connectivity index (χ3v) is 5.02. The molecule has 0 atom stereocenters. The van der Waals surface area contributed by atoms with E-state index in [1.54, 1.807) is 24.6 Å². The minimum atomic E-state index is -0.564. The second-order valence-corrected chi connectivity index (χ2v) is 7.08. The lowest BCUT2D eigenvalue weighted by molar-refractivity contribution is 0.101. The highest BCUT2D eigenvalue weighted by molar-refractivity contribution is 9.10. The minimum Gasteiger partial charge on any atom is -0.361 e. The third-order valence-electron chi connectivity index (χ3n) is 3.98. The van der Waals surface area contributed by atoms with Gasteiger partial charge in [-0.25, -0.2) is 4.39 Å². The predicted molar refractivity (Wildman–Crippen MR) is 99.1 cm³/mol. The van der Waals surface area contributed by atoms with Gasteiger partial charge in [-0.15, -0.1) is 0 Å². The van der Waals surface area contributed by atoms with E-state index in [2.05, 4.69) is 31.5 Å². The van der Waals surface area contributed by atoms with Crippen LogP contribution in [0, 0.1) is 26.6 Å². The van der Waals surface area contributed by atoms with E-state index >= 15 is 0 Å². The monoisotopic (exact) mass is 440 g/mol. The van der Waals surface area contributed by atoms with Crippen LogP contribution in [-0.2, 0) is 6.54 Å². The zero-order valence-electron chi connectivity index (χ0n) is 14.2. The Morgan fingerprint density at radius 1 is 1.38 bits per heavy atom. The van der Waals surface area contributed by atoms with Crippen LogP contribution in [-0.4, -0.2) is 20.8 Å². The van der Waals surface area contributed by atoms with Crippen molar-refractivity contribution < 1.29 is 13.7 Å². The number of amides is 1. The van der Waals surface area contributed by atoms with Crippen LogP contribution in [0.25, 0.3) is 0 Å². The molecule has 0 saturated heterocycles. The maximum Gasteiger partial charge on any atom is 0.278 e. The maximum atomic E-state index is 14.0. The van der Waals surface area contributed by atoms with E-state index in [1.807, 2.05) is 6.92 Å². The van der Waals surface area contributed by atoms with Gasteiger partial charge in [0, 0.05) is 10.0 Å². The van der Waals surface area contributed by atoms with Crippen molar-refractivity contribution in [2.75, 3.05) is 5.32 Å². The van der Waals surface area contributed by atoms with Gasteiger partial charge in [0.2, 0.25) is 0 Å². The number of nitrogens with zero attached hydrogens (tertiary/aromatic N) is 3. The van der Waals surface area contributed by atoms with Gasteiger partial charge in [0.15, 0.2) is 5.69 Å². The van der Waals surface area contributed by atoms with Gasteiger partial charge in [-0.1, -0.05) is 32.7 Å². The van der Waals surface area contributed by atoms with Crippen molar-refractivity contribution in [1.82, 2.24) is 14.9 Å². The first-order valence-electron chi connectivity index (χ1n) is 7.69. The number of hydrogen-bond donors (Lipinski definition) is 1. The summed E-state index contributed by atoms with van der Waals surface area (Å²) in [6.45, 7) is 5.60. The number of anilines is 1. The van der Waals surface area contributed by atoms with E-state index < -0.39 is 11.7 Å². The molecule has 0 unspecified atom stereocenters. The van der Waals surface area contributed by atoms with Crippen molar-refractivity contribution in [1.29, 1.82) is 0 Å². The topological polar surface area (TPSA) is 73.0 Å². The van der Waals surface area contributed by atoms with Gasteiger partial charge in [0.05, 0.1) is 28.6 Å². The van der Waals surface area contributed by atoms with E-state index in [0.717, 1.165) is 5.69 Å². The van der Waals surface area contributed by atoms with Gasteiger partial charge in [-0.05, 0) is 39.0 Å². The van der Waals surface area contributed by atoms with Crippen molar-refractivity contribution in [3.05, 3.63) is 61.9 Å². The number of carbonyl (C=O) groups excluding carboxylic acids is 1. The van der Waals surface area contributed by atoms with E-state index in [9.17, 15) is 9.18 Å². The van der Waals surface area contributed by atoms with E-state index in [4.69, 9.17) is 16.1 Å². The molecule has 0 saturated carbocycles. The van der Waals surface area contributed by atoms with Crippen molar-refractivity contribution in [3.8, 4) is 0 Å². The number of halogens is 3. The summed E-state index contributed by atoms with van der Waals surface area (Å²) in [6, 6.07) is 4.36. The average molecular weight is 442 g/mol. The first-order valence-corrected chi connectivity index (χ1v) is 8.86. The van der Waals surface area contributed by atoms with Crippen LogP contribution in [0.15, 0.2) is 27.2 Å². The third kappa shape index (κ3) is 3.52. The fourth-order valence-corrected chi connectivity index (χ4v) is 2.98. The molecule has 0 radical (unpaired) electrons.